The molecule has 0 aliphatic heterocycles. The van der Waals surface area contributed by atoms with Gasteiger partial charge in [0.15, 0.2) is 4.34 Å². The van der Waals surface area contributed by atoms with Gasteiger partial charge in [0.2, 0.25) is 0 Å². The first-order valence-electron chi connectivity index (χ1n) is 4.57. The van der Waals surface area contributed by atoms with Crippen LogP contribution in [0.2, 0.25) is 0 Å². The second kappa shape index (κ2) is 5.16. The van der Waals surface area contributed by atoms with Gasteiger partial charge in [0.1, 0.15) is 5.01 Å². The number of carbonyl (C=O) groups is 1. The van der Waals surface area contributed by atoms with E-state index in [1.807, 2.05) is 6.92 Å². The highest BCUT2D eigenvalue weighted by molar-refractivity contribution is 9.10. The molecule has 0 spiro atoms. The zero-order valence-corrected chi connectivity index (χ0v) is 11.9. The van der Waals surface area contributed by atoms with Gasteiger partial charge in [-0.25, -0.2) is 4.79 Å². The van der Waals surface area contributed by atoms with Crippen molar-refractivity contribution in [1.82, 2.24) is 10.2 Å². The largest absolute Gasteiger partial charge is 0.478 e. The summed E-state index contributed by atoms with van der Waals surface area (Å²) in [7, 11) is 0. The van der Waals surface area contributed by atoms with Crippen LogP contribution in [0, 0.1) is 6.92 Å². The number of carboxylic acids is 1. The molecule has 1 heterocycles. The molecule has 2 aromatic rings. The molecule has 0 bridgehead atoms. The molecule has 0 aliphatic rings. The Morgan fingerprint density at radius 2 is 2.24 bits per heavy atom. The van der Waals surface area contributed by atoms with Crippen molar-refractivity contribution >= 4 is 45.0 Å². The van der Waals surface area contributed by atoms with Crippen molar-refractivity contribution in [3.8, 4) is 0 Å². The number of aromatic carboxylic acids is 1. The molecular weight excluding hydrogens is 324 g/mol. The Morgan fingerprint density at radius 1 is 1.47 bits per heavy atom. The molecule has 88 valence electrons. The molecule has 2 rings (SSSR count). The van der Waals surface area contributed by atoms with Crippen LogP contribution < -0.4 is 0 Å². The Bertz CT molecular complexity index is 571. The maximum absolute atomic E-state index is 10.8. The van der Waals surface area contributed by atoms with Gasteiger partial charge in [-0.15, -0.1) is 10.2 Å². The van der Waals surface area contributed by atoms with Crippen molar-refractivity contribution in [2.45, 2.75) is 16.2 Å². The third kappa shape index (κ3) is 3.05. The minimum absolute atomic E-state index is 0.259. The fraction of sp³-hybridized carbons (Fsp3) is 0.100. The first-order chi connectivity index (χ1) is 8.06. The van der Waals surface area contributed by atoms with Crippen LogP contribution in [-0.4, -0.2) is 21.3 Å². The molecule has 1 N–H and O–H groups in total. The molecule has 0 radical (unpaired) electrons. The van der Waals surface area contributed by atoms with Crippen molar-refractivity contribution in [3.63, 3.8) is 0 Å². The van der Waals surface area contributed by atoms with Gasteiger partial charge in [0, 0.05) is 9.37 Å². The summed E-state index contributed by atoms with van der Waals surface area (Å²) in [5.41, 5.74) is 0.259. The van der Waals surface area contributed by atoms with E-state index >= 15 is 0 Å². The van der Waals surface area contributed by atoms with Crippen molar-refractivity contribution < 1.29 is 9.90 Å². The predicted octanol–water partition coefficient (Wildman–Crippen LogP) is 3.46. The third-order valence-electron chi connectivity index (χ3n) is 1.88. The highest BCUT2D eigenvalue weighted by atomic mass is 79.9. The number of hydrogen-bond acceptors (Lipinski definition) is 5. The Balaban J connectivity index is 2.25. The van der Waals surface area contributed by atoms with Gasteiger partial charge in [0.25, 0.3) is 0 Å². The summed E-state index contributed by atoms with van der Waals surface area (Å²) in [4.78, 5) is 11.7. The summed E-state index contributed by atoms with van der Waals surface area (Å²) >= 11 is 6.32. The second-order valence-corrected chi connectivity index (χ2v) is 6.46. The zero-order chi connectivity index (χ0) is 12.4. The maximum Gasteiger partial charge on any atom is 0.335 e. The highest BCUT2D eigenvalue weighted by Crippen LogP contribution is 2.35. The number of nitrogens with zero attached hydrogens (tertiary/aromatic N) is 2. The number of carboxylic acid groups (broad SMARTS) is 1. The van der Waals surface area contributed by atoms with Crippen LogP contribution in [0.15, 0.2) is 31.9 Å². The summed E-state index contributed by atoms with van der Waals surface area (Å²) < 4.78 is 1.58. The van der Waals surface area contributed by atoms with Gasteiger partial charge in [-0.05, 0) is 41.1 Å². The van der Waals surface area contributed by atoms with Gasteiger partial charge in [-0.1, -0.05) is 23.1 Å². The molecule has 0 saturated carbocycles. The third-order valence-corrected chi connectivity index (χ3v) is 4.77. The Kier molecular flexibility index (Phi) is 3.80. The van der Waals surface area contributed by atoms with Crippen LogP contribution in [0.3, 0.4) is 0 Å². The number of hydrogen-bond donors (Lipinski definition) is 1. The SMILES string of the molecule is Cc1nnc(Sc2ccc(C(=O)O)cc2Br)s1. The molecule has 0 saturated heterocycles. The molecule has 1 aromatic heterocycles. The number of rotatable bonds is 3. The molecule has 0 atom stereocenters. The van der Waals surface area contributed by atoms with E-state index in [9.17, 15) is 4.79 Å². The van der Waals surface area contributed by atoms with E-state index < -0.39 is 5.97 Å². The van der Waals surface area contributed by atoms with E-state index in [-0.39, 0.29) is 5.56 Å². The lowest BCUT2D eigenvalue weighted by atomic mass is 10.2. The number of halogens is 1. The van der Waals surface area contributed by atoms with E-state index in [1.54, 1.807) is 18.2 Å². The zero-order valence-electron chi connectivity index (χ0n) is 8.68. The molecule has 0 unspecified atom stereocenters. The van der Waals surface area contributed by atoms with Crippen molar-refractivity contribution in [2.24, 2.45) is 0 Å². The predicted molar refractivity (Wildman–Crippen MR) is 69.9 cm³/mol. The molecule has 1 aromatic carbocycles. The van der Waals surface area contributed by atoms with Gasteiger partial charge >= 0.3 is 5.97 Å². The minimum Gasteiger partial charge on any atom is -0.478 e. The summed E-state index contributed by atoms with van der Waals surface area (Å²) in [5.74, 6) is -0.936. The molecule has 0 aliphatic carbocycles. The van der Waals surface area contributed by atoms with E-state index in [0.717, 1.165) is 18.7 Å². The summed E-state index contributed by atoms with van der Waals surface area (Å²) in [6.07, 6.45) is 0. The molecule has 17 heavy (non-hydrogen) atoms. The summed E-state index contributed by atoms with van der Waals surface area (Å²) in [6, 6.07) is 4.91. The van der Waals surface area contributed by atoms with E-state index in [0.29, 0.717) is 0 Å². The first kappa shape index (κ1) is 12.5. The molecule has 0 fully saturated rings. The van der Waals surface area contributed by atoms with Crippen molar-refractivity contribution in [3.05, 3.63) is 33.2 Å². The Labute approximate surface area is 114 Å². The van der Waals surface area contributed by atoms with Crippen LogP contribution >= 0.6 is 39.0 Å². The standard InChI is InChI=1S/C10H7BrN2O2S2/c1-5-12-13-10(16-5)17-8-3-2-6(9(14)15)4-7(8)11/h2-4H,1H3,(H,14,15). The second-order valence-electron chi connectivity index (χ2n) is 3.14. The minimum atomic E-state index is -0.936. The smallest absolute Gasteiger partial charge is 0.335 e. The van der Waals surface area contributed by atoms with Gasteiger partial charge in [-0.2, -0.15) is 0 Å². The topological polar surface area (TPSA) is 63.1 Å². The van der Waals surface area contributed by atoms with E-state index in [2.05, 4.69) is 26.1 Å². The maximum atomic E-state index is 10.8. The van der Waals surface area contributed by atoms with Crippen LogP contribution in [-0.2, 0) is 0 Å². The Hall–Kier alpha value is -0.920. The van der Waals surface area contributed by atoms with Crippen LogP contribution in [0.5, 0.6) is 0 Å². The molecular formula is C10H7BrN2O2S2. The quantitative estimate of drug-likeness (QED) is 0.933. The molecule has 0 amide bonds. The average molecular weight is 331 g/mol. The van der Waals surface area contributed by atoms with Crippen LogP contribution in [0.4, 0.5) is 0 Å². The number of aryl methyl sites for hydroxylation is 1. The Morgan fingerprint density at radius 3 is 2.76 bits per heavy atom. The average Bonchev–Trinajstić information content (AvgIpc) is 2.67. The van der Waals surface area contributed by atoms with Crippen molar-refractivity contribution in [2.75, 3.05) is 0 Å². The van der Waals surface area contributed by atoms with E-state index in [4.69, 9.17) is 5.11 Å². The lowest BCUT2D eigenvalue weighted by Crippen LogP contribution is -1.95. The molecule has 4 nitrogen and oxygen atoms in total. The lowest BCUT2D eigenvalue weighted by Gasteiger charge is -2.02. The lowest BCUT2D eigenvalue weighted by molar-refractivity contribution is 0.0696. The van der Waals surface area contributed by atoms with E-state index in [1.165, 1.54) is 23.1 Å². The summed E-state index contributed by atoms with van der Waals surface area (Å²) in [5, 5.41) is 17.7. The number of benzene rings is 1. The molecule has 7 heteroatoms. The first-order valence-corrected chi connectivity index (χ1v) is 6.99. The highest BCUT2D eigenvalue weighted by Gasteiger charge is 2.09. The van der Waals surface area contributed by atoms with Crippen molar-refractivity contribution in [1.29, 1.82) is 0 Å². The van der Waals surface area contributed by atoms with Gasteiger partial charge in [-0.3, -0.25) is 0 Å². The van der Waals surface area contributed by atoms with Crippen LogP contribution in [0.25, 0.3) is 0 Å². The monoisotopic (exact) mass is 330 g/mol. The normalized spacial score (nSPS) is 10.5. The van der Waals surface area contributed by atoms with Gasteiger partial charge < -0.3 is 5.11 Å². The summed E-state index contributed by atoms with van der Waals surface area (Å²) in [6.45, 7) is 1.89. The van der Waals surface area contributed by atoms with Gasteiger partial charge in [0.05, 0.1) is 5.56 Å². The fourth-order valence-corrected chi connectivity index (χ4v) is 3.53. The van der Waals surface area contributed by atoms with Crippen LogP contribution in [0.1, 0.15) is 15.4 Å². The number of aromatic nitrogens is 2. The fourth-order valence-electron chi connectivity index (χ4n) is 1.13.